The Bertz CT molecular complexity index is 1130. The number of furan rings is 1. The van der Waals surface area contributed by atoms with Gasteiger partial charge in [0.2, 0.25) is 0 Å². The lowest BCUT2D eigenvalue weighted by Crippen LogP contribution is -2.11. The van der Waals surface area contributed by atoms with Crippen molar-refractivity contribution in [2.75, 3.05) is 5.32 Å². The minimum absolute atomic E-state index is 0.242. The Labute approximate surface area is 181 Å². The molecule has 1 amide bonds. The van der Waals surface area contributed by atoms with Crippen LogP contribution in [0.1, 0.15) is 47.2 Å². The molecule has 4 aromatic rings. The van der Waals surface area contributed by atoms with E-state index < -0.39 is 0 Å². The number of amides is 1. The van der Waals surface area contributed by atoms with Crippen LogP contribution in [0, 0.1) is 0 Å². The number of nitrogens with zero attached hydrogens (tertiary/aromatic N) is 2. The van der Waals surface area contributed by atoms with E-state index in [0.717, 1.165) is 11.3 Å². The lowest BCUT2D eigenvalue weighted by Gasteiger charge is -2.08. The van der Waals surface area contributed by atoms with Crippen LogP contribution >= 0.6 is 0 Å². The molecule has 0 unspecified atom stereocenters. The predicted octanol–water partition coefficient (Wildman–Crippen LogP) is 5.48. The molecule has 6 heteroatoms. The number of ether oxygens (including phenoxy) is 1. The van der Waals surface area contributed by atoms with Gasteiger partial charge in [-0.1, -0.05) is 38.1 Å². The lowest BCUT2D eigenvalue weighted by molar-refractivity contribution is 0.0992. The van der Waals surface area contributed by atoms with Crippen LogP contribution < -0.4 is 10.1 Å². The number of hydrogen-bond acceptors (Lipinski definition) is 4. The molecule has 2 aromatic heterocycles. The quantitative estimate of drug-likeness (QED) is 0.414. The van der Waals surface area contributed by atoms with Gasteiger partial charge in [-0.15, -0.1) is 0 Å². The summed E-state index contributed by atoms with van der Waals surface area (Å²) in [6.45, 7) is 5.20. The van der Waals surface area contributed by atoms with Crippen LogP contribution in [0.3, 0.4) is 0 Å². The molecule has 0 radical (unpaired) electrons. The molecule has 1 N–H and O–H groups in total. The van der Waals surface area contributed by atoms with Gasteiger partial charge < -0.3 is 14.5 Å². The van der Waals surface area contributed by atoms with E-state index in [0.29, 0.717) is 23.9 Å². The molecule has 0 aliphatic carbocycles. The minimum atomic E-state index is -0.302. The molecule has 31 heavy (non-hydrogen) atoms. The summed E-state index contributed by atoms with van der Waals surface area (Å²) >= 11 is 0. The summed E-state index contributed by atoms with van der Waals surface area (Å²) in [5.41, 5.74) is 3.01. The highest BCUT2D eigenvalue weighted by atomic mass is 16.5. The first kappa shape index (κ1) is 20.5. The van der Waals surface area contributed by atoms with Crippen molar-refractivity contribution in [1.29, 1.82) is 0 Å². The molecule has 0 bridgehead atoms. The van der Waals surface area contributed by atoms with Gasteiger partial charge in [-0.25, -0.2) is 0 Å². The number of benzene rings is 2. The maximum Gasteiger partial charge on any atom is 0.291 e. The fourth-order valence-electron chi connectivity index (χ4n) is 3.20. The third-order valence-corrected chi connectivity index (χ3v) is 4.90. The Morgan fingerprint density at radius 3 is 2.68 bits per heavy atom. The number of hydrogen-bond donors (Lipinski definition) is 1. The van der Waals surface area contributed by atoms with Crippen LogP contribution in [0.4, 0.5) is 5.69 Å². The van der Waals surface area contributed by atoms with E-state index in [1.165, 1.54) is 5.56 Å². The van der Waals surface area contributed by atoms with Crippen molar-refractivity contribution < 1.29 is 13.9 Å². The molecule has 0 atom stereocenters. The van der Waals surface area contributed by atoms with Crippen LogP contribution in [0.15, 0.2) is 83.5 Å². The third-order valence-electron chi connectivity index (χ3n) is 4.90. The van der Waals surface area contributed by atoms with Crippen LogP contribution in [0.5, 0.6) is 5.75 Å². The van der Waals surface area contributed by atoms with Crippen LogP contribution in [0.25, 0.3) is 0 Å². The van der Waals surface area contributed by atoms with Crippen LogP contribution in [0.2, 0.25) is 0 Å². The van der Waals surface area contributed by atoms with Gasteiger partial charge in [0.25, 0.3) is 5.91 Å². The van der Waals surface area contributed by atoms with Gasteiger partial charge in [-0.2, -0.15) is 5.10 Å². The van der Waals surface area contributed by atoms with E-state index in [4.69, 9.17) is 9.15 Å². The van der Waals surface area contributed by atoms with Crippen molar-refractivity contribution in [3.8, 4) is 5.75 Å². The van der Waals surface area contributed by atoms with Crippen molar-refractivity contribution in [3.05, 3.63) is 102 Å². The molecule has 6 nitrogen and oxygen atoms in total. The van der Waals surface area contributed by atoms with Crippen molar-refractivity contribution in [2.45, 2.75) is 32.9 Å². The largest absolute Gasteiger partial charge is 0.486 e. The Morgan fingerprint density at radius 1 is 1.10 bits per heavy atom. The van der Waals surface area contributed by atoms with Gasteiger partial charge in [-0.3, -0.25) is 9.48 Å². The first-order chi connectivity index (χ1) is 15.1. The fraction of sp³-hybridized carbons (Fsp3) is 0.200. The molecule has 2 heterocycles. The van der Waals surface area contributed by atoms with E-state index in [1.54, 1.807) is 18.3 Å². The molecule has 0 fully saturated rings. The summed E-state index contributed by atoms with van der Waals surface area (Å²) in [6, 6.07) is 21.0. The number of carbonyl (C=O) groups excluding carboxylic acids is 1. The second-order valence-corrected chi connectivity index (χ2v) is 7.64. The highest BCUT2D eigenvalue weighted by Crippen LogP contribution is 2.20. The van der Waals surface area contributed by atoms with Crippen LogP contribution in [-0.4, -0.2) is 15.7 Å². The zero-order valence-electron chi connectivity index (χ0n) is 17.6. The average Bonchev–Trinajstić information content (AvgIpc) is 3.45. The topological polar surface area (TPSA) is 69.3 Å². The number of nitrogens with one attached hydrogen (secondary N) is 1. The maximum atomic E-state index is 12.6. The SMILES string of the molecule is CC(C)c1ccc(OCc2ccc(C(=O)Nc3cccc(Cn4cccn4)c3)o2)cc1. The highest BCUT2D eigenvalue weighted by Gasteiger charge is 2.12. The Hall–Kier alpha value is -3.80. The lowest BCUT2D eigenvalue weighted by atomic mass is 10.0. The van der Waals surface area contributed by atoms with Gasteiger partial charge in [0.15, 0.2) is 5.76 Å². The van der Waals surface area contributed by atoms with E-state index >= 15 is 0 Å². The summed E-state index contributed by atoms with van der Waals surface area (Å²) in [6.07, 6.45) is 3.64. The standard InChI is InChI=1S/C25H25N3O3/c1-18(2)20-7-9-22(10-8-20)30-17-23-11-12-24(31-23)25(29)27-21-6-3-5-19(15-21)16-28-14-4-13-26-28/h3-15,18H,16-17H2,1-2H3,(H,27,29). The van der Waals surface area contributed by atoms with Crippen molar-refractivity contribution in [3.63, 3.8) is 0 Å². The van der Waals surface area contributed by atoms with Crippen molar-refractivity contribution in [2.24, 2.45) is 0 Å². The second kappa shape index (κ2) is 9.34. The van der Waals surface area contributed by atoms with Gasteiger partial charge in [0.05, 0.1) is 6.54 Å². The monoisotopic (exact) mass is 415 g/mol. The summed E-state index contributed by atoms with van der Waals surface area (Å²) in [4.78, 5) is 12.6. The summed E-state index contributed by atoms with van der Waals surface area (Å²) in [5.74, 6) is 1.77. The number of carbonyl (C=O) groups is 1. The Morgan fingerprint density at radius 2 is 1.94 bits per heavy atom. The molecule has 0 saturated heterocycles. The van der Waals surface area contributed by atoms with Crippen molar-refractivity contribution >= 4 is 11.6 Å². The maximum absolute atomic E-state index is 12.6. The normalized spacial score (nSPS) is 10.9. The first-order valence-corrected chi connectivity index (χ1v) is 10.3. The average molecular weight is 415 g/mol. The zero-order chi connectivity index (χ0) is 21.6. The van der Waals surface area contributed by atoms with E-state index in [2.05, 4.69) is 36.4 Å². The summed E-state index contributed by atoms with van der Waals surface area (Å²) < 4.78 is 13.3. The molecule has 0 aliphatic heterocycles. The highest BCUT2D eigenvalue weighted by molar-refractivity contribution is 6.02. The molecule has 0 saturated carbocycles. The summed E-state index contributed by atoms with van der Waals surface area (Å²) in [7, 11) is 0. The fourth-order valence-corrected chi connectivity index (χ4v) is 3.20. The zero-order valence-corrected chi connectivity index (χ0v) is 17.6. The Kier molecular flexibility index (Phi) is 6.17. The molecule has 0 aliphatic rings. The molecule has 4 rings (SSSR count). The van der Waals surface area contributed by atoms with E-state index in [-0.39, 0.29) is 18.3 Å². The van der Waals surface area contributed by atoms with Gasteiger partial charge >= 0.3 is 0 Å². The van der Waals surface area contributed by atoms with Crippen molar-refractivity contribution in [1.82, 2.24) is 9.78 Å². The molecule has 2 aromatic carbocycles. The predicted molar refractivity (Wildman–Crippen MR) is 119 cm³/mol. The molecule has 158 valence electrons. The van der Waals surface area contributed by atoms with Gasteiger partial charge in [-0.05, 0) is 59.5 Å². The number of anilines is 1. The first-order valence-electron chi connectivity index (χ1n) is 10.3. The van der Waals surface area contributed by atoms with Crippen LogP contribution in [-0.2, 0) is 13.2 Å². The Balaban J connectivity index is 1.34. The second-order valence-electron chi connectivity index (χ2n) is 7.64. The third kappa shape index (κ3) is 5.42. The number of rotatable bonds is 8. The smallest absolute Gasteiger partial charge is 0.291 e. The van der Waals surface area contributed by atoms with E-state index in [1.807, 2.05) is 53.3 Å². The van der Waals surface area contributed by atoms with Gasteiger partial charge in [0.1, 0.15) is 18.1 Å². The molecular formula is C25H25N3O3. The summed E-state index contributed by atoms with van der Waals surface area (Å²) in [5, 5.41) is 7.09. The number of aromatic nitrogens is 2. The van der Waals surface area contributed by atoms with E-state index in [9.17, 15) is 4.79 Å². The molecule has 0 spiro atoms. The van der Waals surface area contributed by atoms with Gasteiger partial charge in [0, 0.05) is 18.1 Å². The molecular weight excluding hydrogens is 390 g/mol. The minimum Gasteiger partial charge on any atom is -0.486 e.